The first-order valence-electron chi connectivity index (χ1n) is 10.7. The number of allylic oxidation sites excluding steroid dienone is 1. The summed E-state index contributed by atoms with van der Waals surface area (Å²) in [5.74, 6) is -0.398. The van der Waals surface area contributed by atoms with Crippen molar-refractivity contribution in [2.24, 2.45) is 0 Å². The third kappa shape index (κ3) is 4.49. The summed E-state index contributed by atoms with van der Waals surface area (Å²) in [6.45, 7) is 5.95. The highest BCUT2D eigenvalue weighted by Crippen LogP contribution is 2.25. The number of rotatable bonds is 5. The molecule has 4 rings (SSSR count). The van der Waals surface area contributed by atoms with E-state index in [0.717, 1.165) is 16.7 Å². The molecule has 0 aliphatic heterocycles. The summed E-state index contributed by atoms with van der Waals surface area (Å²) in [6.07, 6.45) is 3.68. The molecule has 1 aliphatic rings. The van der Waals surface area contributed by atoms with Crippen molar-refractivity contribution in [2.75, 3.05) is 0 Å². The lowest BCUT2D eigenvalue weighted by atomic mass is 10.1. The fraction of sp³-hybridized carbons (Fsp3) is 0.269. The van der Waals surface area contributed by atoms with Crippen molar-refractivity contribution in [1.29, 1.82) is 0 Å². The maximum atomic E-state index is 13.3. The molecule has 0 N–H and O–H groups in total. The minimum Gasteiger partial charge on any atom is -0.454 e. The highest BCUT2D eigenvalue weighted by molar-refractivity contribution is 5.89. The van der Waals surface area contributed by atoms with Gasteiger partial charge in [0, 0.05) is 18.2 Å². The zero-order chi connectivity index (χ0) is 22.8. The second kappa shape index (κ2) is 8.83. The van der Waals surface area contributed by atoms with Crippen molar-refractivity contribution >= 4 is 5.97 Å². The smallest absolute Gasteiger partial charge is 0.338 e. The average Bonchev–Trinajstić information content (AvgIpc) is 3.18. The number of hydrogen-bond donors (Lipinski definition) is 0. The highest BCUT2D eigenvalue weighted by atomic mass is 16.5. The molecular formula is C26H26N2O4. The van der Waals surface area contributed by atoms with Crippen LogP contribution in [0.2, 0.25) is 0 Å². The molecule has 0 fully saturated rings. The van der Waals surface area contributed by atoms with Gasteiger partial charge in [0.05, 0.1) is 18.2 Å². The van der Waals surface area contributed by atoms with Crippen molar-refractivity contribution in [3.05, 3.63) is 116 Å². The molecule has 0 amide bonds. The van der Waals surface area contributed by atoms with Gasteiger partial charge in [0.2, 0.25) is 0 Å². The molecule has 2 atom stereocenters. The topological polar surface area (TPSA) is 70.3 Å². The van der Waals surface area contributed by atoms with Gasteiger partial charge in [0.15, 0.2) is 0 Å². The van der Waals surface area contributed by atoms with Gasteiger partial charge in [0.1, 0.15) is 6.10 Å². The van der Waals surface area contributed by atoms with E-state index in [1.165, 1.54) is 10.6 Å². The van der Waals surface area contributed by atoms with Crippen LogP contribution in [0.3, 0.4) is 0 Å². The van der Waals surface area contributed by atoms with E-state index in [-0.39, 0.29) is 23.8 Å². The van der Waals surface area contributed by atoms with Gasteiger partial charge in [-0.2, -0.15) is 0 Å². The Hall–Kier alpha value is -3.67. The van der Waals surface area contributed by atoms with Crippen molar-refractivity contribution in [3.63, 3.8) is 0 Å². The van der Waals surface area contributed by atoms with E-state index in [2.05, 4.69) is 6.07 Å². The molecule has 0 radical (unpaired) electrons. The van der Waals surface area contributed by atoms with Crippen LogP contribution in [0.25, 0.3) is 0 Å². The van der Waals surface area contributed by atoms with Gasteiger partial charge in [-0.3, -0.25) is 13.9 Å². The number of carbonyl (C=O) groups is 1. The maximum absolute atomic E-state index is 13.3. The summed E-state index contributed by atoms with van der Waals surface area (Å²) in [6, 6.07) is 16.0. The summed E-state index contributed by atoms with van der Waals surface area (Å²) in [5, 5.41) is 0. The highest BCUT2D eigenvalue weighted by Gasteiger charge is 2.26. The van der Waals surface area contributed by atoms with Crippen LogP contribution < -0.4 is 11.2 Å². The van der Waals surface area contributed by atoms with E-state index in [1.54, 1.807) is 41.8 Å². The predicted octanol–water partition coefficient (Wildman–Crippen LogP) is 3.71. The van der Waals surface area contributed by atoms with Crippen LogP contribution in [-0.4, -0.2) is 21.2 Å². The Balaban J connectivity index is 1.57. The summed E-state index contributed by atoms with van der Waals surface area (Å²) < 4.78 is 8.47. The summed E-state index contributed by atoms with van der Waals surface area (Å²) in [5.41, 5.74) is 3.47. The Labute approximate surface area is 186 Å². The minimum absolute atomic E-state index is 0.212. The van der Waals surface area contributed by atoms with Crippen LogP contribution >= 0.6 is 0 Å². The first-order chi connectivity index (χ1) is 15.3. The molecule has 0 bridgehead atoms. The summed E-state index contributed by atoms with van der Waals surface area (Å²) >= 11 is 0. The molecule has 1 aliphatic carbocycles. The van der Waals surface area contributed by atoms with Crippen molar-refractivity contribution in [1.82, 2.24) is 9.13 Å². The van der Waals surface area contributed by atoms with E-state index < -0.39 is 12.1 Å². The molecule has 0 saturated carbocycles. The van der Waals surface area contributed by atoms with E-state index in [0.29, 0.717) is 17.7 Å². The van der Waals surface area contributed by atoms with Gasteiger partial charge in [-0.25, -0.2) is 9.59 Å². The zero-order valence-electron chi connectivity index (χ0n) is 18.4. The van der Waals surface area contributed by atoms with Crippen LogP contribution in [0.15, 0.2) is 76.3 Å². The number of ether oxygens (including phenoxy) is 1. The van der Waals surface area contributed by atoms with E-state index in [1.807, 2.05) is 38.1 Å². The van der Waals surface area contributed by atoms with Gasteiger partial charge in [-0.15, -0.1) is 0 Å². The number of nitrogens with zero attached hydrogens (tertiary/aromatic N) is 2. The molecule has 1 heterocycles. The Bertz CT molecular complexity index is 1280. The fourth-order valence-electron chi connectivity index (χ4n) is 4.30. The van der Waals surface area contributed by atoms with Gasteiger partial charge < -0.3 is 4.74 Å². The minimum atomic E-state index is -0.432. The predicted molar refractivity (Wildman–Crippen MR) is 123 cm³/mol. The number of benzene rings is 2. The van der Waals surface area contributed by atoms with E-state index in [9.17, 15) is 14.4 Å². The Kier molecular flexibility index (Phi) is 5.95. The standard InChI is InChI=1S/C26H26N2O4/c1-17-11-18(2)13-20(12-17)16-27-24(29)14-19(3)28(26(27)31)22-9-10-23(15-22)32-25(30)21-7-5-4-6-8-21/h4-14,22-23H,15-16H2,1-3H3/t22-,23+/m0/s1. The van der Waals surface area contributed by atoms with Crippen LogP contribution in [0, 0.1) is 20.8 Å². The average molecular weight is 431 g/mol. The van der Waals surface area contributed by atoms with Gasteiger partial charge in [-0.1, -0.05) is 53.6 Å². The van der Waals surface area contributed by atoms with Gasteiger partial charge >= 0.3 is 11.7 Å². The maximum Gasteiger partial charge on any atom is 0.338 e. The van der Waals surface area contributed by atoms with Crippen molar-refractivity contribution in [2.45, 2.75) is 45.9 Å². The third-order valence-corrected chi connectivity index (χ3v) is 5.66. The lowest BCUT2D eigenvalue weighted by molar-refractivity contribution is 0.0382. The molecule has 6 heteroatoms. The second-order valence-electron chi connectivity index (χ2n) is 8.36. The lowest BCUT2D eigenvalue weighted by Crippen LogP contribution is -2.42. The largest absolute Gasteiger partial charge is 0.454 e. The molecule has 32 heavy (non-hydrogen) atoms. The molecule has 0 saturated heterocycles. The second-order valence-corrected chi connectivity index (χ2v) is 8.36. The van der Waals surface area contributed by atoms with E-state index in [4.69, 9.17) is 4.74 Å². The van der Waals surface area contributed by atoms with Crippen LogP contribution in [0.5, 0.6) is 0 Å². The van der Waals surface area contributed by atoms with E-state index >= 15 is 0 Å². The first kappa shape index (κ1) is 21.6. The van der Waals surface area contributed by atoms with Crippen LogP contribution in [0.1, 0.15) is 45.2 Å². The molecule has 164 valence electrons. The number of hydrogen-bond acceptors (Lipinski definition) is 4. The van der Waals surface area contributed by atoms with Gasteiger partial charge in [-0.05, 0) is 44.5 Å². The molecular weight excluding hydrogens is 404 g/mol. The monoisotopic (exact) mass is 430 g/mol. The van der Waals surface area contributed by atoms with Crippen LogP contribution in [-0.2, 0) is 11.3 Å². The molecule has 3 aromatic rings. The molecule has 0 spiro atoms. The normalized spacial score (nSPS) is 17.5. The fourth-order valence-corrected chi connectivity index (χ4v) is 4.30. The quantitative estimate of drug-likeness (QED) is 0.457. The summed E-state index contributed by atoms with van der Waals surface area (Å²) in [7, 11) is 0. The molecule has 2 aromatic carbocycles. The number of aryl methyl sites for hydroxylation is 3. The summed E-state index contributed by atoms with van der Waals surface area (Å²) in [4.78, 5) is 38.3. The van der Waals surface area contributed by atoms with Crippen molar-refractivity contribution < 1.29 is 9.53 Å². The molecule has 6 nitrogen and oxygen atoms in total. The van der Waals surface area contributed by atoms with Gasteiger partial charge in [0.25, 0.3) is 5.56 Å². The first-order valence-corrected chi connectivity index (χ1v) is 10.7. The van der Waals surface area contributed by atoms with Crippen LogP contribution in [0.4, 0.5) is 0 Å². The third-order valence-electron chi connectivity index (χ3n) is 5.66. The number of esters is 1. The Morgan fingerprint density at radius 1 is 0.969 bits per heavy atom. The SMILES string of the molecule is Cc1cc(C)cc(Cn2c(=O)cc(C)n([C@H]3C=C[C@@H](OC(=O)c4ccccc4)C3)c2=O)c1. The molecule has 0 unspecified atom stereocenters. The molecule has 1 aromatic heterocycles. The Morgan fingerprint density at radius 3 is 2.34 bits per heavy atom. The number of carbonyl (C=O) groups excluding carboxylic acids is 1. The lowest BCUT2D eigenvalue weighted by Gasteiger charge is -2.19. The zero-order valence-corrected chi connectivity index (χ0v) is 18.4. The van der Waals surface area contributed by atoms with Crippen molar-refractivity contribution in [3.8, 4) is 0 Å². The number of aromatic nitrogens is 2. The Morgan fingerprint density at radius 2 is 1.66 bits per heavy atom.